The van der Waals surface area contributed by atoms with Gasteiger partial charge in [0.2, 0.25) is 15.9 Å². The van der Waals surface area contributed by atoms with Gasteiger partial charge in [0.15, 0.2) is 0 Å². The molecule has 0 unspecified atom stereocenters. The van der Waals surface area contributed by atoms with E-state index in [1.54, 1.807) is 50.4 Å². The van der Waals surface area contributed by atoms with Crippen molar-refractivity contribution in [2.24, 2.45) is 0 Å². The standard InChI is InChI=1S/C20H24N2O5S/c1-14-9-10-17(27-3)13-19(14)28(24,25)22-11-5-8-18(22)20(23)21-15-6-4-7-16(12-15)26-2/h4,6-7,9-10,12-13,18H,5,8,11H2,1-3H3,(H,21,23)/t18-/m0/s1. The number of nitrogens with zero attached hydrogens (tertiary/aromatic N) is 1. The van der Waals surface area contributed by atoms with E-state index in [4.69, 9.17) is 9.47 Å². The van der Waals surface area contributed by atoms with Crippen LogP contribution < -0.4 is 14.8 Å². The maximum absolute atomic E-state index is 13.3. The first-order chi connectivity index (χ1) is 13.4. The molecule has 7 nitrogen and oxygen atoms in total. The highest BCUT2D eigenvalue weighted by Crippen LogP contribution is 2.31. The molecule has 2 aromatic carbocycles. The third kappa shape index (κ3) is 3.98. The lowest BCUT2D eigenvalue weighted by Gasteiger charge is -2.24. The van der Waals surface area contributed by atoms with Crippen LogP contribution in [0.4, 0.5) is 5.69 Å². The number of amides is 1. The van der Waals surface area contributed by atoms with Crippen molar-refractivity contribution in [3.05, 3.63) is 48.0 Å². The number of rotatable bonds is 6. The van der Waals surface area contributed by atoms with Crippen LogP contribution in [0.15, 0.2) is 47.4 Å². The largest absolute Gasteiger partial charge is 0.497 e. The van der Waals surface area contributed by atoms with E-state index in [2.05, 4.69) is 5.32 Å². The van der Waals surface area contributed by atoms with Gasteiger partial charge in [-0.05, 0) is 43.5 Å². The molecule has 0 aromatic heterocycles. The van der Waals surface area contributed by atoms with E-state index in [0.717, 1.165) is 0 Å². The Bertz CT molecular complexity index is 974. The fourth-order valence-corrected chi connectivity index (χ4v) is 5.23. The molecule has 0 saturated carbocycles. The first-order valence-corrected chi connectivity index (χ1v) is 10.4. The van der Waals surface area contributed by atoms with Crippen molar-refractivity contribution in [3.8, 4) is 11.5 Å². The van der Waals surface area contributed by atoms with Gasteiger partial charge in [-0.25, -0.2) is 8.42 Å². The Hall–Kier alpha value is -2.58. The number of carbonyl (C=O) groups is 1. The number of hydrogen-bond donors (Lipinski definition) is 1. The first-order valence-electron chi connectivity index (χ1n) is 8.98. The first kappa shape index (κ1) is 20.2. The number of nitrogens with one attached hydrogen (secondary N) is 1. The third-order valence-electron chi connectivity index (χ3n) is 4.83. The number of anilines is 1. The summed E-state index contributed by atoms with van der Waals surface area (Å²) in [6, 6.07) is 11.1. The molecule has 0 radical (unpaired) electrons. The average Bonchev–Trinajstić information content (AvgIpc) is 3.19. The molecule has 1 aliphatic rings. The molecule has 0 spiro atoms. The smallest absolute Gasteiger partial charge is 0.244 e. The summed E-state index contributed by atoms with van der Waals surface area (Å²) in [5.74, 6) is 0.719. The fraction of sp³-hybridized carbons (Fsp3) is 0.350. The van der Waals surface area contributed by atoms with Crippen molar-refractivity contribution < 1.29 is 22.7 Å². The fourth-order valence-electron chi connectivity index (χ4n) is 3.33. The monoisotopic (exact) mass is 404 g/mol. The Morgan fingerprint density at radius 3 is 2.54 bits per heavy atom. The number of hydrogen-bond acceptors (Lipinski definition) is 5. The molecule has 1 amide bonds. The van der Waals surface area contributed by atoms with Crippen LogP contribution in [0, 0.1) is 6.92 Å². The lowest BCUT2D eigenvalue weighted by molar-refractivity contribution is -0.119. The molecule has 150 valence electrons. The van der Waals surface area contributed by atoms with Gasteiger partial charge in [-0.2, -0.15) is 4.31 Å². The highest BCUT2D eigenvalue weighted by molar-refractivity contribution is 7.89. The van der Waals surface area contributed by atoms with E-state index in [1.807, 2.05) is 0 Å². The summed E-state index contributed by atoms with van der Waals surface area (Å²) in [7, 11) is -0.802. The summed E-state index contributed by atoms with van der Waals surface area (Å²) in [5, 5.41) is 2.80. The van der Waals surface area contributed by atoms with E-state index in [0.29, 0.717) is 42.1 Å². The molecule has 8 heteroatoms. The molecule has 28 heavy (non-hydrogen) atoms. The minimum absolute atomic E-state index is 0.160. The normalized spacial score (nSPS) is 17.3. The maximum atomic E-state index is 13.3. The van der Waals surface area contributed by atoms with Crippen LogP contribution in [-0.2, 0) is 14.8 Å². The Morgan fingerprint density at radius 2 is 1.82 bits per heavy atom. The molecule has 0 bridgehead atoms. The molecule has 2 aromatic rings. The summed E-state index contributed by atoms with van der Waals surface area (Å²) in [6.45, 7) is 2.03. The molecular formula is C20H24N2O5S. The van der Waals surface area contributed by atoms with Gasteiger partial charge in [0.05, 0.1) is 19.1 Å². The van der Waals surface area contributed by atoms with E-state index < -0.39 is 16.1 Å². The van der Waals surface area contributed by atoms with Crippen LogP contribution in [0.25, 0.3) is 0 Å². The molecule has 1 heterocycles. The summed E-state index contributed by atoms with van der Waals surface area (Å²) in [6.07, 6.45) is 1.09. The van der Waals surface area contributed by atoms with Crippen LogP contribution in [-0.4, -0.2) is 45.4 Å². The SMILES string of the molecule is COc1cccc(NC(=O)[C@@H]2CCCN2S(=O)(=O)c2cc(OC)ccc2C)c1. The highest BCUT2D eigenvalue weighted by Gasteiger charge is 2.40. The molecule has 1 N–H and O–H groups in total. The Kier molecular flexibility index (Phi) is 5.90. The second kappa shape index (κ2) is 8.20. The molecule has 3 rings (SSSR count). The van der Waals surface area contributed by atoms with Crippen molar-refractivity contribution >= 4 is 21.6 Å². The predicted molar refractivity (Wildman–Crippen MR) is 106 cm³/mol. The maximum Gasteiger partial charge on any atom is 0.244 e. The van der Waals surface area contributed by atoms with E-state index in [1.165, 1.54) is 17.5 Å². The lowest BCUT2D eigenvalue weighted by atomic mass is 10.2. The number of methoxy groups -OCH3 is 2. The van der Waals surface area contributed by atoms with Crippen LogP contribution in [0.2, 0.25) is 0 Å². The van der Waals surface area contributed by atoms with Crippen molar-refractivity contribution in [2.75, 3.05) is 26.1 Å². The number of benzene rings is 2. The minimum atomic E-state index is -3.83. The zero-order valence-electron chi connectivity index (χ0n) is 16.1. The summed E-state index contributed by atoms with van der Waals surface area (Å²) >= 11 is 0. The Labute approximate surface area is 165 Å². The van der Waals surface area contributed by atoms with Crippen LogP contribution in [0.5, 0.6) is 11.5 Å². The van der Waals surface area contributed by atoms with Gasteiger partial charge in [-0.15, -0.1) is 0 Å². The van der Waals surface area contributed by atoms with Crippen molar-refractivity contribution in [3.63, 3.8) is 0 Å². The average molecular weight is 404 g/mol. The number of ether oxygens (including phenoxy) is 2. The number of sulfonamides is 1. The lowest BCUT2D eigenvalue weighted by Crippen LogP contribution is -2.43. The van der Waals surface area contributed by atoms with Crippen molar-refractivity contribution in [1.29, 1.82) is 0 Å². The quantitative estimate of drug-likeness (QED) is 0.800. The van der Waals surface area contributed by atoms with Gasteiger partial charge >= 0.3 is 0 Å². The Morgan fingerprint density at radius 1 is 1.11 bits per heavy atom. The second-order valence-corrected chi connectivity index (χ2v) is 8.49. The molecule has 1 fully saturated rings. The zero-order chi connectivity index (χ0) is 20.3. The number of carbonyl (C=O) groups excluding carboxylic acids is 1. The van der Waals surface area contributed by atoms with E-state index in [-0.39, 0.29) is 10.8 Å². The van der Waals surface area contributed by atoms with E-state index in [9.17, 15) is 13.2 Å². The van der Waals surface area contributed by atoms with Crippen molar-refractivity contribution in [2.45, 2.75) is 30.7 Å². The van der Waals surface area contributed by atoms with Crippen molar-refractivity contribution in [1.82, 2.24) is 4.31 Å². The van der Waals surface area contributed by atoms with Gasteiger partial charge in [0.25, 0.3) is 0 Å². The highest BCUT2D eigenvalue weighted by atomic mass is 32.2. The van der Waals surface area contributed by atoms with Crippen LogP contribution in [0.1, 0.15) is 18.4 Å². The summed E-state index contributed by atoms with van der Waals surface area (Å²) in [5.41, 5.74) is 1.17. The zero-order valence-corrected chi connectivity index (χ0v) is 17.0. The minimum Gasteiger partial charge on any atom is -0.497 e. The van der Waals surface area contributed by atoms with E-state index >= 15 is 0 Å². The van der Waals surface area contributed by atoms with Gasteiger partial charge < -0.3 is 14.8 Å². The summed E-state index contributed by atoms with van der Waals surface area (Å²) < 4.78 is 38.1. The third-order valence-corrected chi connectivity index (χ3v) is 6.88. The molecule has 1 atom stereocenters. The molecule has 1 saturated heterocycles. The molecule has 1 aliphatic heterocycles. The van der Waals surface area contributed by atoms with Gasteiger partial charge in [0.1, 0.15) is 17.5 Å². The van der Waals surface area contributed by atoms with Gasteiger partial charge in [0, 0.05) is 24.4 Å². The molecular weight excluding hydrogens is 380 g/mol. The second-order valence-electron chi connectivity index (χ2n) is 6.63. The molecule has 0 aliphatic carbocycles. The van der Waals surface area contributed by atoms with Gasteiger partial charge in [-0.3, -0.25) is 4.79 Å². The topological polar surface area (TPSA) is 84.9 Å². The van der Waals surface area contributed by atoms with Crippen LogP contribution >= 0.6 is 0 Å². The predicted octanol–water partition coefficient (Wildman–Crippen LogP) is 2.80. The van der Waals surface area contributed by atoms with Gasteiger partial charge in [-0.1, -0.05) is 12.1 Å². The number of aryl methyl sites for hydroxylation is 1. The van der Waals surface area contributed by atoms with Crippen LogP contribution in [0.3, 0.4) is 0 Å². The Balaban J connectivity index is 1.86. The summed E-state index contributed by atoms with van der Waals surface area (Å²) in [4.78, 5) is 13.0.